The monoisotopic (exact) mass is 424 g/mol. The summed E-state index contributed by atoms with van der Waals surface area (Å²) in [5, 5.41) is 2.93. The number of anilines is 1. The van der Waals surface area contributed by atoms with Crippen LogP contribution in [-0.2, 0) is 10.0 Å². The van der Waals surface area contributed by atoms with Gasteiger partial charge in [0.25, 0.3) is 15.9 Å². The van der Waals surface area contributed by atoms with Crippen LogP contribution < -0.4 is 14.8 Å². The second-order valence-electron chi connectivity index (χ2n) is 6.89. The van der Waals surface area contributed by atoms with Crippen LogP contribution in [0.4, 0.5) is 5.69 Å². The Labute approximate surface area is 177 Å². The number of hydrogen-bond acceptors (Lipinski definition) is 4. The molecule has 2 N–H and O–H groups in total. The van der Waals surface area contributed by atoms with Crippen LogP contribution in [0.2, 0.25) is 0 Å². The molecule has 0 unspecified atom stereocenters. The molecule has 0 saturated heterocycles. The van der Waals surface area contributed by atoms with Gasteiger partial charge >= 0.3 is 0 Å². The van der Waals surface area contributed by atoms with E-state index in [9.17, 15) is 13.2 Å². The summed E-state index contributed by atoms with van der Waals surface area (Å²) in [5.74, 6) is 0.374. The van der Waals surface area contributed by atoms with E-state index in [2.05, 4.69) is 10.0 Å². The minimum Gasteiger partial charge on any atom is -0.496 e. The number of rotatable bonds is 7. The van der Waals surface area contributed by atoms with Crippen molar-refractivity contribution in [2.24, 2.45) is 0 Å². The van der Waals surface area contributed by atoms with E-state index in [0.717, 1.165) is 5.56 Å². The Bertz CT molecular complexity index is 1140. The van der Waals surface area contributed by atoms with E-state index in [1.807, 2.05) is 31.2 Å². The summed E-state index contributed by atoms with van der Waals surface area (Å²) >= 11 is 0. The third-order valence-electron chi connectivity index (χ3n) is 4.75. The first kappa shape index (κ1) is 21.4. The van der Waals surface area contributed by atoms with Gasteiger partial charge in [0.15, 0.2) is 0 Å². The van der Waals surface area contributed by atoms with E-state index in [4.69, 9.17) is 4.74 Å². The quantitative estimate of drug-likeness (QED) is 0.592. The maximum Gasteiger partial charge on any atom is 0.261 e. The Morgan fingerprint density at radius 2 is 1.63 bits per heavy atom. The van der Waals surface area contributed by atoms with E-state index in [1.54, 1.807) is 50.4 Å². The highest BCUT2D eigenvalue weighted by molar-refractivity contribution is 7.92. The third kappa shape index (κ3) is 4.80. The molecule has 3 rings (SSSR count). The number of carbonyl (C=O) groups excluding carboxylic acids is 1. The van der Waals surface area contributed by atoms with Crippen molar-refractivity contribution in [3.63, 3.8) is 0 Å². The molecule has 6 nitrogen and oxygen atoms in total. The molecule has 30 heavy (non-hydrogen) atoms. The number of ether oxygens (including phenoxy) is 1. The van der Waals surface area contributed by atoms with Gasteiger partial charge in [0.2, 0.25) is 0 Å². The predicted molar refractivity (Wildman–Crippen MR) is 117 cm³/mol. The molecule has 0 aliphatic heterocycles. The highest BCUT2D eigenvalue weighted by atomic mass is 32.2. The lowest BCUT2D eigenvalue weighted by Gasteiger charge is -2.18. The molecule has 1 atom stereocenters. The Morgan fingerprint density at radius 1 is 0.967 bits per heavy atom. The van der Waals surface area contributed by atoms with E-state index in [0.29, 0.717) is 22.6 Å². The molecule has 0 bridgehead atoms. The summed E-state index contributed by atoms with van der Waals surface area (Å²) in [7, 11) is -2.17. The van der Waals surface area contributed by atoms with E-state index in [-0.39, 0.29) is 16.8 Å². The van der Waals surface area contributed by atoms with Gasteiger partial charge in [-0.3, -0.25) is 9.52 Å². The van der Waals surface area contributed by atoms with E-state index in [1.165, 1.54) is 12.1 Å². The first-order chi connectivity index (χ1) is 14.3. The van der Waals surface area contributed by atoms with Crippen molar-refractivity contribution in [1.82, 2.24) is 5.32 Å². The zero-order valence-corrected chi connectivity index (χ0v) is 17.9. The van der Waals surface area contributed by atoms with Crippen molar-refractivity contribution in [3.8, 4) is 5.75 Å². The lowest BCUT2D eigenvalue weighted by atomic mass is 10.1. The van der Waals surface area contributed by atoms with E-state index >= 15 is 0 Å². The fourth-order valence-electron chi connectivity index (χ4n) is 3.06. The fraction of sp³-hybridized carbons (Fsp3) is 0.174. The van der Waals surface area contributed by atoms with Gasteiger partial charge in [-0.25, -0.2) is 8.42 Å². The van der Waals surface area contributed by atoms with Crippen LogP contribution in [0, 0.1) is 6.92 Å². The zero-order chi connectivity index (χ0) is 21.7. The van der Waals surface area contributed by atoms with Gasteiger partial charge in [0.1, 0.15) is 5.75 Å². The second kappa shape index (κ2) is 9.00. The summed E-state index contributed by atoms with van der Waals surface area (Å²) < 4.78 is 33.2. The van der Waals surface area contributed by atoms with Crippen molar-refractivity contribution in [2.75, 3.05) is 11.8 Å². The molecule has 0 heterocycles. The van der Waals surface area contributed by atoms with Gasteiger partial charge in [-0.1, -0.05) is 42.5 Å². The number of methoxy groups -OCH3 is 1. The minimum atomic E-state index is -3.75. The number of nitrogens with one attached hydrogen (secondary N) is 2. The average Bonchev–Trinajstić information content (AvgIpc) is 2.75. The molecule has 0 aromatic heterocycles. The Balaban J connectivity index is 1.81. The molecular weight excluding hydrogens is 400 g/mol. The zero-order valence-electron chi connectivity index (χ0n) is 17.0. The molecule has 0 fully saturated rings. The normalized spacial score (nSPS) is 12.1. The van der Waals surface area contributed by atoms with Gasteiger partial charge in [-0.15, -0.1) is 0 Å². The number of sulfonamides is 1. The summed E-state index contributed by atoms with van der Waals surface area (Å²) in [4.78, 5) is 13.0. The number of para-hydroxylation sites is 1. The summed E-state index contributed by atoms with van der Waals surface area (Å²) in [6.07, 6.45) is 0. The summed E-state index contributed by atoms with van der Waals surface area (Å²) in [6.45, 7) is 3.64. The van der Waals surface area contributed by atoms with Crippen LogP contribution in [0.3, 0.4) is 0 Å². The van der Waals surface area contributed by atoms with Gasteiger partial charge < -0.3 is 10.1 Å². The second-order valence-corrected chi connectivity index (χ2v) is 8.57. The van der Waals surface area contributed by atoms with Crippen LogP contribution in [0.5, 0.6) is 5.75 Å². The summed E-state index contributed by atoms with van der Waals surface area (Å²) in [6, 6.07) is 20.2. The fourth-order valence-corrected chi connectivity index (χ4v) is 4.20. The van der Waals surface area contributed by atoms with Crippen LogP contribution in [0.25, 0.3) is 0 Å². The topological polar surface area (TPSA) is 84.5 Å². The maximum absolute atomic E-state index is 12.8. The van der Waals surface area contributed by atoms with Crippen LogP contribution >= 0.6 is 0 Å². The SMILES string of the molecule is COc1ccccc1[C@@H](C)NC(=O)c1ccc(C)c(NS(=O)(=O)c2ccccc2)c1. The average molecular weight is 425 g/mol. The predicted octanol–water partition coefficient (Wildman–Crippen LogP) is 4.30. The molecule has 7 heteroatoms. The molecule has 3 aromatic rings. The molecule has 0 radical (unpaired) electrons. The van der Waals surface area contributed by atoms with Crippen molar-refractivity contribution in [2.45, 2.75) is 24.8 Å². The molecule has 3 aromatic carbocycles. The minimum absolute atomic E-state index is 0.157. The molecular formula is C23H24N2O4S. The molecule has 156 valence electrons. The molecule has 0 aliphatic carbocycles. The van der Waals surface area contributed by atoms with Crippen LogP contribution in [0.1, 0.15) is 34.5 Å². The standard InChI is InChI=1S/C23H24N2O4S/c1-16-13-14-18(15-21(16)25-30(27,28)19-9-5-4-6-10-19)23(26)24-17(2)20-11-7-8-12-22(20)29-3/h4-15,17,25H,1-3H3,(H,24,26)/t17-/m1/s1. The number of carbonyl (C=O) groups is 1. The van der Waals surface area contributed by atoms with Crippen molar-refractivity contribution >= 4 is 21.6 Å². The molecule has 0 aliphatic rings. The van der Waals surface area contributed by atoms with E-state index < -0.39 is 10.0 Å². The number of amides is 1. The smallest absolute Gasteiger partial charge is 0.261 e. The first-order valence-electron chi connectivity index (χ1n) is 9.44. The van der Waals surface area contributed by atoms with Gasteiger partial charge in [0, 0.05) is 11.1 Å². The van der Waals surface area contributed by atoms with Gasteiger partial charge in [-0.05, 0) is 49.7 Å². The lowest BCUT2D eigenvalue weighted by molar-refractivity contribution is 0.0939. The number of hydrogen-bond donors (Lipinski definition) is 2. The summed E-state index contributed by atoms with van der Waals surface area (Å²) in [5.41, 5.74) is 2.28. The van der Waals surface area contributed by atoms with Gasteiger partial charge in [0.05, 0.1) is 23.7 Å². The van der Waals surface area contributed by atoms with Crippen LogP contribution in [0.15, 0.2) is 77.7 Å². The highest BCUT2D eigenvalue weighted by Gasteiger charge is 2.18. The maximum atomic E-state index is 12.8. The Hall–Kier alpha value is -3.32. The van der Waals surface area contributed by atoms with Crippen molar-refractivity contribution < 1.29 is 17.9 Å². The lowest BCUT2D eigenvalue weighted by Crippen LogP contribution is -2.27. The molecule has 0 spiro atoms. The van der Waals surface area contributed by atoms with Crippen molar-refractivity contribution in [1.29, 1.82) is 0 Å². The van der Waals surface area contributed by atoms with Gasteiger partial charge in [-0.2, -0.15) is 0 Å². The first-order valence-corrected chi connectivity index (χ1v) is 10.9. The largest absolute Gasteiger partial charge is 0.496 e. The third-order valence-corrected chi connectivity index (χ3v) is 6.13. The van der Waals surface area contributed by atoms with Crippen molar-refractivity contribution in [3.05, 3.63) is 89.5 Å². The number of aryl methyl sites for hydroxylation is 1. The molecule has 1 amide bonds. The number of benzene rings is 3. The molecule has 0 saturated carbocycles. The highest BCUT2D eigenvalue weighted by Crippen LogP contribution is 2.25. The van der Waals surface area contributed by atoms with Crippen LogP contribution in [-0.4, -0.2) is 21.4 Å². The Kier molecular flexibility index (Phi) is 6.42. The Morgan fingerprint density at radius 3 is 2.33 bits per heavy atom.